The van der Waals surface area contributed by atoms with E-state index >= 15 is 0 Å². The summed E-state index contributed by atoms with van der Waals surface area (Å²) in [5.74, 6) is 1.03. The van der Waals surface area contributed by atoms with Crippen molar-refractivity contribution in [2.24, 2.45) is 0 Å². The number of piperidine rings is 1. The molecule has 0 bridgehead atoms. The van der Waals surface area contributed by atoms with Crippen LogP contribution in [0.1, 0.15) is 61.3 Å². The van der Waals surface area contributed by atoms with Crippen molar-refractivity contribution in [3.63, 3.8) is 0 Å². The number of aryl methyl sites for hydroxylation is 1. The van der Waals surface area contributed by atoms with Gasteiger partial charge in [0.05, 0.1) is 0 Å². The van der Waals surface area contributed by atoms with E-state index in [0.29, 0.717) is 0 Å². The zero-order valence-electron chi connectivity index (χ0n) is 16.2. The number of nitrogens with one attached hydrogen (secondary N) is 1. The molecule has 0 amide bonds. The molecule has 1 fully saturated rings. The highest BCUT2D eigenvalue weighted by molar-refractivity contribution is 5.70. The normalized spacial score (nSPS) is 20.8. The van der Waals surface area contributed by atoms with Crippen molar-refractivity contribution in [2.45, 2.75) is 57.3 Å². The van der Waals surface area contributed by atoms with Crippen LogP contribution in [0.15, 0.2) is 41.2 Å². The van der Waals surface area contributed by atoms with Crippen LogP contribution in [-0.2, 0) is 18.3 Å². The molecular weight excluding hydrogens is 332 g/mol. The van der Waals surface area contributed by atoms with Gasteiger partial charge in [0.25, 0.3) is 5.56 Å². The van der Waals surface area contributed by atoms with Crippen LogP contribution < -0.4 is 10.5 Å². The zero-order chi connectivity index (χ0) is 18.4. The number of benzene rings is 1. The van der Waals surface area contributed by atoms with Gasteiger partial charge in [-0.2, -0.15) is 0 Å². The van der Waals surface area contributed by atoms with Gasteiger partial charge < -0.3 is 9.88 Å². The molecule has 3 heteroatoms. The van der Waals surface area contributed by atoms with Gasteiger partial charge in [0.15, 0.2) is 0 Å². The second-order valence-electron chi connectivity index (χ2n) is 8.60. The van der Waals surface area contributed by atoms with Gasteiger partial charge in [-0.25, -0.2) is 0 Å². The lowest BCUT2D eigenvalue weighted by Gasteiger charge is -2.45. The van der Waals surface area contributed by atoms with Crippen molar-refractivity contribution in [1.29, 1.82) is 0 Å². The molecule has 1 N–H and O–H groups in total. The van der Waals surface area contributed by atoms with Crippen LogP contribution in [0, 0.1) is 0 Å². The Labute approximate surface area is 161 Å². The molecule has 0 atom stereocenters. The first-order chi connectivity index (χ1) is 13.2. The van der Waals surface area contributed by atoms with Crippen LogP contribution in [0.2, 0.25) is 0 Å². The van der Waals surface area contributed by atoms with Gasteiger partial charge >= 0.3 is 0 Å². The summed E-state index contributed by atoms with van der Waals surface area (Å²) in [6.45, 7) is 4.25. The molecule has 1 saturated heterocycles. The predicted octanol–water partition coefficient (Wildman–Crippen LogP) is 4.60. The number of aromatic amines is 1. The number of hydrogen-bond donors (Lipinski definition) is 1. The Hall–Kier alpha value is -2.29. The Balaban J connectivity index is 1.41. The maximum Gasteiger partial charge on any atom is 0.252 e. The van der Waals surface area contributed by atoms with Gasteiger partial charge in [-0.05, 0) is 80.2 Å². The van der Waals surface area contributed by atoms with Crippen LogP contribution >= 0.6 is 0 Å². The van der Waals surface area contributed by atoms with Gasteiger partial charge in [-0.3, -0.25) is 4.79 Å². The first kappa shape index (κ1) is 16.9. The van der Waals surface area contributed by atoms with E-state index in [1.54, 1.807) is 0 Å². The summed E-state index contributed by atoms with van der Waals surface area (Å²) in [4.78, 5) is 18.1. The lowest BCUT2D eigenvalue weighted by atomic mass is 9.65. The van der Waals surface area contributed by atoms with E-state index in [1.165, 1.54) is 28.7 Å². The van der Waals surface area contributed by atoms with Gasteiger partial charge in [0.2, 0.25) is 0 Å². The van der Waals surface area contributed by atoms with E-state index in [2.05, 4.69) is 53.2 Å². The molecule has 0 unspecified atom stereocenters. The number of hydrogen-bond acceptors (Lipinski definition) is 2. The lowest BCUT2D eigenvalue weighted by molar-refractivity contribution is 0.329. The van der Waals surface area contributed by atoms with Crippen LogP contribution in [0.4, 0.5) is 5.82 Å². The van der Waals surface area contributed by atoms with Crippen molar-refractivity contribution in [3.05, 3.63) is 69.0 Å². The van der Waals surface area contributed by atoms with E-state index < -0.39 is 0 Å². The van der Waals surface area contributed by atoms with Crippen molar-refractivity contribution in [1.82, 2.24) is 4.98 Å². The molecule has 1 aromatic heterocycles. The molecule has 140 valence electrons. The maximum atomic E-state index is 12.5. The highest BCUT2D eigenvalue weighted by Crippen LogP contribution is 2.46. The van der Waals surface area contributed by atoms with E-state index in [4.69, 9.17) is 0 Å². The van der Waals surface area contributed by atoms with Gasteiger partial charge in [0, 0.05) is 24.1 Å². The Morgan fingerprint density at radius 3 is 2.70 bits per heavy atom. The average molecular weight is 361 g/mol. The molecule has 0 radical (unpaired) electrons. The molecule has 3 aliphatic rings. The number of pyridine rings is 1. The van der Waals surface area contributed by atoms with E-state index in [0.717, 1.165) is 63.0 Å². The number of allylic oxidation sites excluding steroid dienone is 2. The molecule has 1 aliphatic heterocycles. The third-order valence-corrected chi connectivity index (χ3v) is 7.12. The third-order valence-electron chi connectivity index (χ3n) is 7.12. The van der Waals surface area contributed by atoms with Crippen molar-refractivity contribution in [2.75, 3.05) is 18.0 Å². The minimum absolute atomic E-state index is 0.143. The van der Waals surface area contributed by atoms with Gasteiger partial charge in [-0.15, -0.1) is 0 Å². The number of aromatic nitrogens is 1. The zero-order valence-corrected chi connectivity index (χ0v) is 16.2. The first-order valence-corrected chi connectivity index (χ1v) is 10.4. The summed E-state index contributed by atoms with van der Waals surface area (Å²) < 4.78 is 0. The van der Waals surface area contributed by atoms with Crippen molar-refractivity contribution >= 4 is 11.4 Å². The number of H-pyrrole nitrogens is 1. The number of anilines is 1. The van der Waals surface area contributed by atoms with E-state index in [1.807, 2.05) is 0 Å². The molecule has 3 nitrogen and oxygen atoms in total. The monoisotopic (exact) mass is 360 g/mol. The number of fused-ring (bicyclic) bond motifs is 3. The van der Waals surface area contributed by atoms with Gasteiger partial charge in [0.1, 0.15) is 5.82 Å². The van der Waals surface area contributed by atoms with Gasteiger partial charge in [-0.1, -0.05) is 30.3 Å². The van der Waals surface area contributed by atoms with Crippen LogP contribution in [0.25, 0.3) is 5.57 Å². The van der Waals surface area contributed by atoms with Crippen LogP contribution in [-0.4, -0.2) is 18.1 Å². The molecule has 1 aromatic carbocycles. The average Bonchev–Trinajstić information content (AvgIpc) is 2.72. The van der Waals surface area contributed by atoms with E-state index in [-0.39, 0.29) is 11.0 Å². The fourth-order valence-corrected chi connectivity index (χ4v) is 5.42. The molecular formula is C24H28N2O. The highest BCUT2D eigenvalue weighted by atomic mass is 16.1. The van der Waals surface area contributed by atoms with E-state index in [9.17, 15) is 4.79 Å². The summed E-state index contributed by atoms with van der Waals surface area (Å²) in [5.41, 5.74) is 7.09. The maximum absolute atomic E-state index is 12.5. The molecule has 2 aromatic rings. The molecule has 2 aliphatic carbocycles. The topological polar surface area (TPSA) is 36.1 Å². The summed E-state index contributed by atoms with van der Waals surface area (Å²) in [5, 5.41) is 0. The molecule has 5 rings (SSSR count). The summed E-state index contributed by atoms with van der Waals surface area (Å²) in [7, 11) is 0. The van der Waals surface area contributed by atoms with Crippen LogP contribution in [0.3, 0.4) is 0 Å². The third kappa shape index (κ3) is 2.75. The Kier molecular flexibility index (Phi) is 3.99. The fraction of sp³-hybridized carbons (Fsp3) is 0.458. The predicted molar refractivity (Wildman–Crippen MR) is 112 cm³/mol. The Morgan fingerprint density at radius 1 is 1.07 bits per heavy atom. The quantitative estimate of drug-likeness (QED) is 0.807. The highest BCUT2D eigenvalue weighted by Gasteiger charge is 2.39. The Morgan fingerprint density at radius 2 is 1.85 bits per heavy atom. The summed E-state index contributed by atoms with van der Waals surface area (Å²) in [6.07, 6.45) is 10.2. The number of rotatable bonds is 1. The summed E-state index contributed by atoms with van der Waals surface area (Å²) >= 11 is 0. The van der Waals surface area contributed by atoms with Crippen LogP contribution in [0.5, 0.6) is 0 Å². The molecule has 27 heavy (non-hydrogen) atoms. The summed E-state index contributed by atoms with van der Waals surface area (Å²) in [6, 6.07) is 11.2. The minimum Gasteiger partial charge on any atom is -0.358 e. The fourth-order valence-electron chi connectivity index (χ4n) is 5.42. The first-order valence-electron chi connectivity index (χ1n) is 10.4. The SMILES string of the molecule is CC1=CCC2(CCN(c3cc4c(c(=O)[nH]3)CCCC4)CC2)c2ccccc21. The largest absolute Gasteiger partial charge is 0.358 e. The standard InChI is InChI=1S/C24H28N2O/c1-17-10-11-24(21-9-5-4-7-19(17)21)12-14-26(15-13-24)22-16-18-6-2-3-8-20(18)23(27)25-22/h4-5,7,9-10,16H,2-3,6,8,11-15H2,1H3,(H,25,27). The minimum atomic E-state index is 0.143. The van der Waals surface area contributed by atoms with Crippen molar-refractivity contribution in [3.8, 4) is 0 Å². The smallest absolute Gasteiger partial charge is 0.252 e. The Bertz CT molecular complexity index is 961. The molecule has 1 spiro atoms. The number of nitrogens with zero attached hydrogens (tertiary/aromatic N) is 1. The second-order valence-corrected chi connectivity index (χ2v) is 8.60. The van der Waals surface area contributed by atoms with Crippen molar-refractivity contribution < 1.29 is 0 Å². The molecule has 2 heterocycles. The second kappa shape index (κ2) is 6.40. The molecule has 0 saturated carbocycles. The lowest BCUT2D eigenvalue weighted by Crippen LogP contribution is -2.44.